The molecule has 27 heavy (non-hydrogen) atoms. The lowest BCUT2D eigenvalue weighted by Gasteiger charge is -2.25. The fourth-order valence-corrected chi connectivity index (χ4v) is 3.18. The molecule has 1 aliphatic rings. The quantitative estimate of drug-likeness (QED) is 0.787. The summed E-state index contributed by atoms with van der Waals surface area (Å²) in [6, 6.07) is 13.6. The van der Waals surface area contributed by atoms with Crippen LogP contribution in [0.4, 0.5) is 21.9 Å². The van der Waals surface area contributed by atoms with Gasteiger partial charge in [0.2, 0.25) is 5.91 Å². The standard InChI is InChI=1S/C20H23N3O3.ClH/c1-21-12-11-19(24)23-17-6-4-3-5-14(17)7-8-15-9-10-16(13-18(15)23)22-20(25)26-2;/h3-6,9-10,13,21H,7-8,11-12H2,1-2H3,(H,22,25);1H/p-1. The maximum atomic E-state index is 13.0. The Kier molecular flexibility index (Phi) is 7.21. The van der Waals surface area contributed by atoms with Crippen LogP contribution in [-0.4, -0.2) is 32.7 Å². The number of hydrogen-bond donors (Lipinski definition) is 2. The van der Waals surface area contributed by atoms with Gasteiger partial charge in [0.15, 0.2) is 0 Å². The third kappa shape index (κ3) is 4.59. The SMILES string of the molecule is CNCCC(=O)N1c2ccccc2CCc2ccc(NC(=O)OC)cc21.[Cl-]. The van der Waals surface area contributed by atoms with E-state index in [-0.39, 0.29) is 18.3 Å². The molecule has 1 aliphatic heterocycles. The number of benzene rings is 2. The molecule has 0 unspecified atom stereocenters. The van der Waals surface area contributed by atoms with Gasteiger partial charge in [0.25, 0.3) is 0 Å². The predicted octanol–water partition coefficient (Wildman–Crippen LogP) is 0.242. The van der Waals surface area contributed by atoms with Gasteiger partial charge >= 0.3 is 6.09 Å². The second-order valence-electron chi connectivity index (χ2n) is 6.17. The van der Waals surface area contributed by atoms with E-state index < -0.39 is 6.09 Å². The third-order valence-electron chi connectivity index (χ3n) is 4.49. The Labute approximate surface area is 165 Å². The van der Waals surface area contributed by atoms with Crippen molar-refractivity contribution in [1.82, 2.24) is 5.32 Å². The fourth-order valence-electron chi connectivity index (χ4n) is 3.18. The maximum Gasteiger partial charge on any atom is 0.411 e. The Bertz CT molecular complexity index is 826. The van der Waals surface area contributed by atoms with E-state index in [1.54, 1.807) is 4.90 Å². The Hall–Kier alpha value is -2.57. The number of nitrogens with one attached hydrogen (secondary N) is 2. The van der Waals surface area contributed by atoms with E-state index in [4.69, 9.17) is 0 Å². The summed E-state index contributed by atoms with van der Waals surface area (Å²) in [5.41, 5.74) is 4.53. The molecule has 2 aromatic carbocycles. The summed E-state index contributed by atoms with van der Waals surface area (Å²) in [6.07, 6.45) is 1.55. The minimum Gasteiger partial charge on any atom is -1.00 e. The van der Waals surface area contributed by atoms with E-state index in [0.29, 0.717) is 18.7 Å². The summed E-state index contributed by atoms with van der Waals surface area (Å²) in [5, 5.41) is 5.70. The molecule has 0 saturated heterocycles. The number of ether oxygens (including phenoxy) is 1. The van der Waals surface area contributed by atoms with Crippen molar-refractivity contribution in [3.63, 3.8) is 0 Å². The molecule has 0 radical (unpaired) electrons. The number of para-hydroxylation sites is 1. The summed E-state index contributed by atoms with van der Waals surface area (Å²) in [4.78, 5) is 26.3. The number of amides is 2. The number of methoxy groups -OCH3 is 1. The van der Waals surface area contributed by atoms with Crippen LogP contribution in [0.2, 0.25) is 0 Å². The number of anilines is 3. The van der Waals surface area contributed by atoms with Crippen molar-refractivity contribution in [2.45, 2.75) is 19.3 Å². The van der Waals surface area contributed by atoms with Crippen LogP contribution in [0.25, 0.3) is 0 Å². The molecular weight excluding hydrogens is 366 g/mol. The van der Waals surface area contributed by atoms with Crippen LogP contribution in [0.3, 0.4) is 0 Å². The molecule has 0 aliphatic carbocycles. The Morgan fingerprint density at radius 2 is 1.78 bits per heavy atom. The Morgan fingerprint density at radius 3 is 2.48 bits per heavy atom. The zero-order chi connectivity index (χ0) is 18.5. The normalized spacial score (nSPS) is 12.1. The average molecular weight is 389 g/mol. The van der Waals surface area contributed by atoms with Crippen LogP contribution in [0, 0.1) is 0 Å². The number of carbonyl (C=O) groups excluding carboxylic acids is 2. The van der Waals surface area contributed by atoms with E-state index in [1.165, 1.54) is 7.11 Å². The van der Waals surface area contributed by atoms with Crippen LogP contribution < -0.4 is 27.9 Å². The summed E-state index contributed by atoms with van der Waals surface area (Å²) >= 11 is 0. The van der Waals surface area contributed by atoms with Gasteiger partial charge in [-0.3, -0.25) is 15.0 Å². The topological polar surface area (TPSA) is 70.7 Å². The highest BCUT2D eigenvalue weighted by molar-refractivity contribution is 6.03. The highest BCUT2D eigenvalue weighted by Gasteiger charge is 2.25. The van der Waals surface area contributed by atoms with Gasteiger partial charge in [0.05, 0.1) is 18.5 Å². The van der Waals surface area contributed by atoms with E-state index in [0.717, 1.165) is 35.3 Å². The maximum absolute atomic E-state index is 13.0. The van der Waals surface area contributed by atoms with Crippen molar-refractivity contribution in [1.29, 1.82) is 0 Å². The molecule has 2 aromatic rings. The Morgan fingerprint density at radius 1 is 1.07 bits per heavy atom. The molecule has 0 fully saturated rings. The number of halogens is 1. The summed E-state index contributed by atoms with van der Waals surface area (Å²) in [6.45, 7) is 0.604. The molecule has 2 N–H and O–H groups in total. The second kappa shape index (κ2) is 9.39. The molecule has 144 valence electrons. The predicted molar refractivity (Wildman–Crippen MR) is 102 cm³/mol. The largest absolute Gasteiger partial charge is 1.00 e. The van der Waals surface area contributed by atoms with Gasteiger partial charge in [-0.1, -0.05) is 24.3 Å². The number of nitrogens with zero attached hydrogens (tertiary/aromatic N) is 1. The van der Waals surface area contributed by atoms with Crippen LogP contribution >= 0.6 is 0 Å². The molecule has 0 atom stereocenters. The van der Waals surface area contributed by atoms with E-state index in [9.17, 15) is 9.59 Å². The zero-order valence-corrected chi connectivity index (χ0v) is 16.2. The van der Waals surface area contributed by atoms with Gasteiger partial charge in [-0.2, -0.15) is 0 Å². The smallest absolute Gasteiger partial charge is 0.411 e. The zero-order valence-electron chi connectivity index (χ0n) is 15.4. The lowest BCUT2D eigenvalue weighted by atomic mass is 10.0. The molecule has 7 heteroatoms. The molecular formula is C20H23ClN3O3-. The van der Waals surface area contributed by atoms with E-state index in [2.05, 4.69) is 21.4 Å². The van der Waals surface area contributed by atoms with Gasteiger partial charge in [-0.05, 0) is 49.2 Å². The van der Waals surface area contributed by atoms with Crippen molar-refractivity contribution in [2.24, 2.45) is 0 Å². The first-order valence-electron chi connectivity index (χ1n) is 8.67. The highest BCUT2D eigenvalue weighted by Crippen LogP contribution is 2.38. The van der Waals surface area contributed by atoms with Crippen LogP contribution in [0.5, 0.6) is 0 Å². The minimum atomic E-state index is -0.535. The molecule has 0 aromatic heterocycles. The van der Waals surface area contributed by atoms with Gasteiger partial charge in [0.1, 0.15) is 0 Å². The van der Waals surface area contributed by atoms with Gasteiger partial charge in [0, 0.05) is 18.7 Å². The van der Waals surface area contributed by atoms with Crippen molar-refractivity contribution in [2.75, 3.05) is 30.9 Å². The number of rotatable bonds is 4. The third-order valence-corrected chi connectivity index (χ3v) is 4.49. The van der Waals surface area contributed by atoms with Crippen LogP contribution in [0.1, 0.15) is 17.5 Å². The average Bonchev–Trinajstić information content (AvgIpc) is 2.82. The molecule has 1 heterocycles. The van der Waals surface area contributed by atoms with Crippen molar-refractivity contribution in [3.8, 4) is 0 Å². The second-order valence-corrected chi connectivity index (χ2v) is 6.17. The van der Waals surface area contributed by atoms with Crippen LogP contribution in [0.15, 0.2) is 42.5 Å². The number of aryl methyl sites for hydroxylation is 2. The summed E-state index contributed by atoms with van der Waals surface area (Å²) in [5.74, 6) is 0.0187. The number of fused-ring (bicyclic) bond motifs is 2. The lowest BCUT2D eigenvalue weighted by Crippen LogP contribution is -3.00. The summed E-state index contributed by atoms with van der Waals surface area (Å²) < 4.78 is 4.67. The van der Waals surface area contributed by atoms with E-state index >= 15 is 0 Å². The molecule has 6 nitrogen and oxygen atoms in total. The van der Waals surface area contributed by atoms with Crippen molar-refractivity contribution < 1.29 is 26.7 Å². The molecule has 0 saturated carbocycles. The monoisotopic (exact) mass is 388 g/mol. The first kappa shape index (κ1) is 20.7. The number of hydrogen-bond acceptors (Lipinski definition) is 4. The number of carbonyl (C=O) groups is 2. The fraction of sp³-hybridized carbons (Fsp3) is 0.300. The van der Waals surface area contributed by atoms with Gasteiger partial charge in [-0.15, -0.1) is 0 Å². The molecule has 0 bridgehead atoms. The first-order valence-corrected chi connectivity index (χ1v) is 8.67. The van der Waals surface area contributed by atoms with E-state index in [1.807, 2.05) is 43.4 Å². The van der Waals surface area contributed by atoms with Crippen LogP contribution in [-0.2, 0) is 22.4 Å². The molecule has 2 amide bonds. The minimum absolute atomic E-state index is 0. The Balaban J connectivity index is 0.00000261. The molecule has 0 spiro atoms. The van der Waals surface area contributed by atoms with Crippen molar-refractivity contribution in [3.05, 3.63) is 53.6 Å². The highest BCUT2D eigenvalue weighted by atomic mass is 35.5. The van der Waals surface area contributed by atoms with Gasteiger partial charge in [-0.25, -0.2) is 4.79 Å². The van der Waals surface area contributed by atoms with Crippen molar-refractivity contribution >= 4 is 29.1 Å². The lowest BCUT2D eigenvalue weighted by molar-refractivity contribution is -0.117. The first-order chi connectivity index (χ1) is 12.6. The molecule has 3 rings (SSSR count). The van der Waals surface area contributed by atoms with Gasteiger partial charge < -0.3 is 22.5 Å². The summed E-state index contributed by atoms with van der Waals surface area (Å²) in [7, 11) is 3.15.